The van der Waals surface area contributed by atoms with Crippen LogP contribution in [0, 0.1) is 0 Å². The molecular weight excluding hydrogens is 316 g/mol. The summed E-state index contributed by atoms with van der Waals surface area (Å²) in [6.45, 7) is 2.08. The molecule has 0 atom stereocenters. The van der Waals surface area contributed by atoms with Gasteiger partial charge in [0.2, 0.25) is 0 Å². The molecule has 25 heavy (non-hydrogen) atoms. The summed E-state index contributed by atoms with van der Waals surface area (Å²) in [5, 5.41) is 3.12. The molecule has 0 aromatic heterocycles. The zero-order chi connectivity index (χ0) is 18.0. The number of aryl methyl sites for hydroxylation is 1. The lowest BCUT2D eigenvalue weighted by Crippen LogP contribution is -2.27. The maximum Gasteiger partial charge on any atom is 0.277 e. The Balaban J connectivity index is 2.01. The predicted octanol–water partition coefficient (Wildman–Crippen LogP) is 3.08. The fourth-order valence-electron chi connectivity index (χ4n) is 2.75. The number of benzene rings is 2. The minimum Gasteiger partial charge on any atom is -0.497 e. The average molecular weight is 336 g/mol. The highest BCUT2D eigenvalue weighted by atomic mass is 16.5. The average Bonchev–Trinajstić information content (AvgIpc) is 2.86. The second kappa shape index (κ2) is 6.81. The normalized spacial score (nSPS) is 14.3. The Morgan fingerprint density at radius 3 is 2.16 bits per heavy atom. The van der Waals surface area contributed by atoms with Crippen LogP contribution in [0.2, 0.25) is 0 Å². The van der Waals surface area contributed by atoms with Crippen LogP contribution in [0.25, 0.3) is 5.57 Å². The number of likely N-dealkylation sites (N-methyl/N-ethyl adjacent to an activating group) is 1. The minimum absolute atomic E-state index is 0.293. The Labute approximate surface area is 146 Å². The maximum atomic E-state index is 12.5. The van der Waals surface area contributed by atoms with E-state index in [1.54, 1.807) is 31.4 Å². The molecule has 1 N–H and O–H groups in total. The Morgan fingerprint density at radius 1 is 0.960 bits per heavy atom. The minimum atomic E-state index is -0.338. The molecule has 0 spiro atoms. The first kappa shape index (κ1) is 16.8. The van der Waals surface area contributed by atoms with Gasteiger partial charge in [-0.1, -0.05) is 31.2 Å². The summed E-state index contributed by atoms with van der Waals surface area (Å²) < 4.78 is 5.15. The van der Waals surface area contributed by atoms with Gasteiger partial charge in [0.15, 0.2) is 0 Å². The van der Waals surface area contributed by atoms with E-state index < -0.39 is 0 Å². The first-order chi connectivity index (χ1) is 12.0. The molecule has 2 aromatic carbocycles. The smallest absolute Gasteiger partial charge is 0.277 e. The van der Waals surface area contributed by atoms with Crippen molar-refractivity contribution in [3.05, 3.63) is 65.4 Å². The fraction of sp³-hybridized carbons (Fsp3) is 0.200. The van der Waals surface area contributed by atoms with Gasteiger partial charge >= 0.3 is 0 Å². The van der Waals surface area contributed by atoms with Gasteiger partial charge in [-0.3, -0.25) is 14.5 Å². The summed E-state index contributed by atoms with van der Waals surface area (Å²) in [4.78, 5) is 26.2. The standard InChI is InChI=1S/C20H20N2O3/c1-4-13-5-9-15(10-6-13)21-18-17(19(23)22(2)20(18)24)14-7-11-16(25-3)12-8-14/h5-12,21H,4H2,1-3H3. The fourth-order valence-corrected chi connectivity index (χ4v) is 2.75. The highest BCUT2D eigenvalue weighted by molar-refractivity contribution is 6.36. The monoisotopic (exact) mass is 336 g/mol. The van der Waals surface area contributed by atoms with Crippen LogP contribution < -0.4 is 10.1 Å². The van der Waals surface area contributed by atoms with E-state index in [1.165, 1.54) is 12.6 Å². The van der Waals surface area contributed by atoms with E-state index in [9.17, 15) is 9.59 Å². The van der Waals surface area contributed by atoms with Crippen molar-refractivity contribution in [2.45, 2.75) is 13.3 Å². The van der Waals surface area contributed by atoms with Gasteiger partial charge < -0.3 is 10.1 Å². The summed E-state index contributed by atoms with van der Waals surface area (Å²) in [5.41, 5.74) is 3.32. The van der Waals surface area contributed by atoms with Gasteiger partial charge in [0.05, 0.1) is 12.7 Å². The molecule has 0 unspecified atom stereocenters. The molecule has 0 aliphatic carbocycles. The number of carbonyl (C=O) groups excluding carboxylic acids is 2. The number of nitrogens with one attached hydrogen (secondary N) is 1. The number of amides is 2. The molecular formula is C20H20N2O3. The molecule has 2 amide bonds. The maximum absolute atomic E-state index is 12.5. The first-order valence-electron chi connectivity index (χ1n) is 8.12. The van der Waals surface area contributed by atoms with Crippen molar-refractivity contribution in [3.8, 4) is 5.75 Å². The number of anilines is 1. The number of hydrogen-bond acceptors (Lipinski definition) is 4. The first-order valence-corrected chi connectivity index (χ1v) is 8.12. The van der Waals surface area contributed by atoms with Crippen LogP contribution in [0.3, 0.4) is 0 Å². The second-order valence-electron chi connectivity index (χ2n) is 5.82. The number of methoxy groups -OCH3 is 1. The third-order valence-electron chi connectivity index (χ3n) is 4.30. The van der Waals surface area contributed by atoms with E-state index in [0.29, 0.717) is 22.6 Å². The van der Waals surface area contributed by atoms with Gasteiger partial charge in [-0.15, -0.1) is 0 Å². The van der Waals surface area contributed by atoms with Crippen LogP contribution >= 0.6 is 0 Å². The molecule has 1 aliphatic heterocycles. The molecule has 128 valence electrons. The molecule has 0 saturated carbocycles. The molecule has 2 aromatic rings. The van der Waals surface area contributed by atoms with Gasteiger partial charge in [-0.05, 0) is 41.8 Å². The zero-order valence-electron chi connectivity index (χ0n) is 14.5. The molecule has 1 aliphatic rings. The Kier molecular flexibility index (Phi) is 4.57. The van der Waals surface area contributed by atoms with E-state index in [0.717, 1.165) is 17.0 Å². The SMILES string of the molecule is CCc1ccc(NC2=C(c3ccc(OC)cc3)C(=O)N(C)C2=O)cc1. The Morgan fingerprint density at radius 2 is 1.60 bits per heavy atom. The van der Waals surface area contributed by atoms with E-state index in [-0.39, 0.29) is 11.8 Å². The van der Waals surface area contributed by atoms with Gasteiger partial charge in [-0.25, -0.2) is 0 Å². The van der Waals surface area contributed by atoms with Crippen molar-refractivity contribution in [3.63, 3.8) is 0 Å². The van der Waals surface area contributed by atoms with E-state index in [2.05, 4.69) is 12.2 Å². The summed E-state index contributed by atoms with van der Waals surface area (Å²) in [5.74, 6) is 0.0392. The van der Waals surface area contributed by atoms with Crippen LogP contribution in [-0.4, -0.2) is 30.9 Å². The number of nitrogens with zero attached hydrogens (tertiary/aromatic N) is 1. The molecule has 5 heteroatoms. The lowest BCUT2D eigenvalue weighted by molar-refractivity contribution is -0.135. The van der Waals surface area contributed by atoms with Gasteiger partial charge in [0.25, 0.3) is 11.8 Å². The summed E-state index contributed by atoms with van der Waals surface area (Å²) in [7, 11) is 3.07. The zero-order valence-corrected chi connectivity index (χ0v) is 14.5. The lowest BCUT2D eigenvalue weighted by atomic mass is 10.0. The largest absolute Gasteiger partial charge is 0.497 e. The lowest BCUT2D eigenvalue weighted by Gasteiger charge is -2.09. The summed E-state index contributed by atoms with van der Waals surface area (Å²) in [6, 6.07) is 14.9. The predicted molar refractivity (Wildman–Crippen MR) is 97.1 cm³/mol. The highest BCUT2D eigenvalue weighted by Crippen LogP contribution is 2.30. The highest BCUT2D eigenvalue weighted by Gasteiger charge is 2.36. The third-order valence-corrected chi connectivity index (χ3v) is 4.30. The number of imide groups is 1. The van der Waals surface area contributed by atoms with Crippen molar-refractivity contribution >= 4 is 23.1 Å². The van der Waals surface area contributed by atoms with Crippen LogP contribution in [0.15, 0.2) is 54.2 Å². The Bertz CT molecular complexity index is 836. The van der Waals surface area contributed by atoms with E-state index in [1.807, 2.05) is 24.3 Å². The molecule has 5 nitrogen and oxygen atoms in total. The van der Waals surface area contributed by atoms with Gasteiger partial charge in [0.1, 0.15) is 11.4 Å². The Hall–Kier alpha value is -3.08. The molecule has 0 radical (unpaired) electrons. The third kappa shape index (κ3) is 3.13. The quantitative estimate of drug-likeness (QED) is 0.853. The van der Waals surface area contributed by atoms with E-state index >= 15 is 0 Å². The molecule has 3 rings (SSSR count). The van der Waals surface area contributed by atoms with Crippen LogP contribution in [0.1, 0.15) is 18.1 Å². The van der Waals surface area contributed by atoms with Crippen molar-refractivity contribution in [2.75, 3.05) is 19.5 Å². The summed E-state index contributed by atoms with van der Waals surface area (Å²) >= 11 is 0. The van der Waals surface area contributed by atoms with Crippen LogP contribution in [0.4, 0.5) is 5.69 Å². The number of ether oxygens (including phenoxy) is 1. The van der Waals surface area contributed by atoms with Gasteiger partial charge in [0, 0.05) is 12.7 Å². The van der Waals surface area contributed by atoms with Crippen molar-refractivity contribution < 1.29 is 14.3 Å². The number of hydrogen-bond donors (Lipinski definition) is 1. The number of rotatable bonds is 5. The molecule has 0 saturated heterocycles. The molecule has 0 bridgehead atoms. The van der Waals surface area contributed by atoms with Crippen molar-refractivity contribution in [1.29, 1.82) is 0 Å². The van der Waals surface area contributed by atoms with Crippen molar-refractivity contribution in [2.24, 2.45) is 0 Å². The number of carbonyl (C=O) groups is 2. The van der Waals surface area contributed by atoms with Crippen LogP contribution in [-0.2, 0) is 16.0 Å². The summed E-state index contributed by atoms with van der Waals surface area (Å²) in [6.07, 6.45) is 0.945. The van der Waals surface area contributed by atoms with Crippen LogP contribution in [0.5, 0.6) is 5.75 Å². The molecule has 0 fully saturated rings. The van der Waals surface area contributed by atoms with Crippen molar-refractivity contribution in [1.82, 2.24) is 4.90 Å². The van der Waals surface area contributed by atoms with E-state index in [4.69, 9.17) is 4.74 Å². The van der Waals surface area contributed by atoms with Gasteiger partial charge in [-0.2, -0.15) is 0 Å². The molecule has 1 heterocycles. The topological polar surface area (TPSA) is 58.6 Å². The second-order valence-corrected chi connectivity index (χ2v) is 5.82.